The monoisotopic (exact) mass is 478 g/mol. The van der Waals surface area contributed by atoms with E-state index in [1.54, 1.807) is 10.6 Å². The highest BCUT2D eigenvalue weighted by Crippen LogP contribution is 2.40. The lowest BCUT2D eigenvalue weighted by atomic mass is 9.98. The highest BCUT2D eigenvalue weighted by atomic mass is 32.2. The van der Waals surface area contributed by atoms with E-state index in [0.717, 1.165) is 44.3 Å². The zero-order valence-corrected chi connectivity index (χ0v) is 20.6. The second kappa shape index (κ2) is 10.6. The Kier molecular flexibility index (Phi) is 7.88. The van der Waals surface area contributed by atoms with Gasteiger partial charge in [0.2, 0.25) is 5.95 Å². The average molecular weight is 479 g/mol. The molecule has 176 valence electrons. The predicted octanol–water partition coefficient (Wildman–Crippen LogP) is 2.22. The summed E-state index contributed by atoms with van der Waals surface area (Å²) in [5, 5.41) is 10.4. The molecule has 2 aromatic heterocycles. The maximum Gasteiger partial charge on any atom is 0.220 e. The second-order valence-corrected chi connectivity index (χ2v) is 11.4. The van der Waals surface area contributed by atoms with Gasteiger partial charge in [0, 0.05) is 31.5 Å². The molecule has 2 unspecified atom stereocenters. The van der Waals surface area contributed by atoms with Crippen molar-refractivity contribution in [2.75, 3.05) is 45.2 Å². The Balaban J connectivity index is 0.000000207. The highest BCUT2D eigenvalue weighted by molar-refractivity contribution is 7.81. The zero-order chi connectivity index (χ0) is 22.7. The third kappa shape index (κ3) is 5.72. The number of aliphatic hydroxyl groups excluding tert-OH is 1. The van der Waals surface area contributed by atoms with Crippen LogP contribution in [0, 0.1) is 0 Å². The van der Waals surface area contributed by atoms with Crippen molar-refractivity contribution in [2.45, 2.75) is 57.0 Å². The molecule has 0 saturated carbocycles. The van der Waals surface area contributed by atoms with Crippen LogP contribution in [0.4, 0.5) is 5.95 Å². The number of fused-ring (bicyclic) bond motifs is 3. The molecule has 1 aliphatic carbocycles. The van der Waals surface area contributed by atoms with Crippen molar-refractivity contribution in [3.05, 3.63) is 22.5 Å². The number of piperidine rings is 2. The SMILES string of the molecule is CN1CCC(c2nc3c(s2)-c2nc(N)ncc2CCC3)CC1.CS(=O)N1CCCC(O)C1. The molecular formula is C22H34N6O2S2. The number of hydrogen-bond donors (Lipinski definition) is 2. The molecule has 0 radical (unpaired) electrons. The topological polar surface area (TPSA) is 108 Å². The van der Waals surface area contributed by atoms with Crippen molar-refractivity contribution in [2.24, 2.45) is 0 Å². The number of likely N-dealkylation sites (tertiary alicyclic amines) is 1. The predicted molar refractivity (Wildman–Crippen MR) is 130 cm³/mol. The number of hydrogen-bond acceptors (Lipinski definition) is 8. The van der Waals surface area contributed by atoms with Crippen LogP contribution in [0.5, 0.6) is 0 Å². The van der Waals surface area contributed by atoms with Crippen LogP contribution in [0.2, 0.25) is 0 Å². The van der Waals surface area contributed by atoms with Crippen LogP contribution in [0.25, 0.3) is 10.6 Å². The van der Waals surface area contributed by atoms with Crippen molar-refractivity contribution >= 4 is 28.3 Å². The molecular weight excluding hydrogens is 444 g/mol. The summed E-state index contributed by atoms with van der Waals surface area (Å²) in [7, 11) is 1.30. The average Bonchev–Trinajstić information content (AvgIpc) is 3.12. The van der Waals surface area contributed by atoms with E-state index in [1.165, 1.54) is 47.1 Å². The van der Waals surface area contributed by atoms with Gasteiger partial charge in [-0.25, -0.2) is 23.5 Å². The van der Waals surface area contributed by atoms with Crippen LogP contribution < -0.4 is 5.73 Å². The fourth-order valence-electron chi connectivity index (χ4n) is 4.56. The summed E-state index contributed by atoms with van der Waals surface area (Å²) in [6.07, 6.45) is 10.7. The maximum absolute atomic E-state index is 10.9. The van der Waals surface area contributed by atoms with Crippen LogP contribution in [0.15, 0.2) is 6.20 Å². The Labute approximate surface area is 196 Å². The number of anilines is 1. The molecule has 0 amide bonds. The van der Waals surface area contributed by atoms with Gasteiger partial charge in [-0.2, -0.15) is 0 Å². The summed E-state index contributed by atoms with van der Waals surface area (Å²) in [5.74, 6) is 0.969. The van der Waals surface area contributed by atoms with Crippen LogP contribution in [0.3, 0.4) is 0 Å². The van der Waals surface area contributed by atoms with E-state index < -0.39 is 11.0 Å². The third-order valence-corrected chi connectivity index (χ3v) is 8.79. The Morgan fingerprint density at radius 2 is 1.94 bits per heavy atom. The zero-order valence-electron chi connectivity index (χ0n) is 19.0. The molecule has 0 aromatic carbocycles. The Hall–Kier alpha value is -1.46. The summed E-state index contributed by atoms with van der Waals surface area (Å²) in [5.41, 5.74) is 9.27. The van der Waals surface area contributed by atoms with Gasteiger partial charge in [-0.3, -0.25) is 0 Å². The minimum absolute atomic E-state index is 0.266. The summed E-state index contributed by atoms with van der Waals surface area (Å²) < 4.78 is 12.7. The molecule has 2 aliphatic heterocycles. The number of aromatic nitrogens is 3. The van der Waals surface area contributed by atoms with Gasteiger partial charge >= 0.3 is 0 Å². The molecule has 8 nitrogen and oxygen atoms in total. The van der Waals surface area contributed by atoms with Crippen molar-refractivity contribution < 1.29 is 9.32 Å². The van der Waals surface area contributed by atoms with Gasteiger partial charge in [0.25, 0.3) is 0 Å². The fourth-order valence-corrected chi connectivity index (χ4v) is 6.63. The van der Waals surface area contributed by atoms with E-state index in [2.05, 4.69) is 21.9 Å². The first-order chi connectivity index (χ1) is 15.4. The first kappa shape index (κ1) is 23.7. The summed E-state index contributed by atoms with van der Waals surface area (Å²) in [4.78, 5) is 17.3. The minimum atomic E-state index is -0.899. The van der Waals surface area contributed by atoms with Crippen LogP contribution in [0.1, 0.15) is 54.3 Å². The Morgan fingerprint density at radius 1 is 1.16 bits per heavy atom. The number of β-amino-alcohol motifs (C(OH)–C–C–N with tert-alkyl or cyclic N) is 1. The molecule has 32 heavy (non-hydrogen) atoms. The van der Waals surface area contributed by atoms with Crippen molar-refractivity contribution in [1.29, 1.82) is 0 Å². The fraction of sp³-hybridized carbons (Fsp3) is 0.682. The highest BCUT2D eigenvalue weighted by Gasteiger charge is 2.26. The quantitative estimate of drug-likeness (QED) is 0.681. The Morgan fingerprint density at radius 3 is 2.62 bits per heavy atom. The third-order valence-electron chi connectivity index (χ3n) is 6.46. The first-order valence-corrected chi connectivity index (χ1v) is 13.8. The van der Waals surface area contributed by atoms with Gasteiger partial charge in [0.15, 0.2) is 0 Å². The van der Waals surface area contributed by atoms with Crippen LogP contribution >= 0.6 is 11.3 Å². The summed E-state index contributed by atoms with van der Waals surface area (Å²) >= 11 is 1.83. The summed E-state index contributed by atoms with van der Waals surface area (Å²) in [6, 6.07) is 0. The van der Waals surface area contributed by atoms with E-state index >= 15 is 0 Å². The van der Waals surface area contributed by atoms with Gasteiger partial charge in [-0.15, -0.1) is 11.3 Å². The van der Waals surface area contributed by atoms with E-state index in [4.69, 9.17) is 15.8 Å². The van der Waals surface area contributed by atoms with Crippen molar-refractivity contribution in [3.8, 4) is 10.6 Å². The minimum Gasteiger partial charge on any atom is -0.392 e. The largest absolute Gasteiger partial charge is 0.392 e. The van der Waals surface area contributed by atoms with Crippen molar-refractivity contribution in [1.82, 2.24) is 24.2 Å². The molecule has 5 rings (SSSR count). The number of nitrogens with zero attached hydrogens (tertiary/aromatic N) is 5. The molecule has 3 aliphatic rings. The lowest BCUT2D eigenvalue weighted by molar-refractivity contribution is 0.110. The van der Waals surface area contributed by atoms with Gasteiger partial charge in [-0.05, 0) is 70.6 Å². The number of nitrogen functional groups attached to an aromatic ring is 1. The molecule has 0 spiro atoms. The van der Waals surface area contributed by atoms with E-state index in [-0.39, 0.29) is 6.10 Å². The van der Waals surface area contributed by atoms with Gasteiger partial charge in [0.1, 0.15) is 0 Å². The van der Waals surface area contributed by atoms with E-state index in [9.17, 15) is 4.21 Å². The molecule has 2 fully saturated rings. The summed E-state index contributed by atoms with van der Waals surface area (Å²) in [6.45, 7) is 3.77. The Bertz CT molecular complexity index is 944. The maximum atomic E-state index is 10.9. The second-order valence-electron chi connectivity index (χ2n) is 8.97. The number of thiazole rings is 1. The van der Waals surface area contributed by atoms with E-state index in [0.29, 0.717) is 18.4 Å². The lowest BCUT2D eigenvalue weighted by Crippen LogP contribution is -2.38. The number of aryl methyl sites for hydroxylation is 2. The van der Waals surface area contributed by atoms with Gasteiger partial charge in [0.05, 0.1) is 38.4 Å². The first-order valence-electron chi connectivity index (χ1n) is 11.5. The molecule has 10 heteroatoms. The normalized spacial score (nSPS) is 23.4. The van der Waals surface area contributed by atoms with Crippen LogP contribution in [-0.4, -0.2) is 79.1 Å². The molecule has 3 N–H and O–H groups in total. The van der Waals surface area contributed by atoms with Crippen LogP contribution in [-0.2, 0) is 23.8 Å². The molecule has 2 atom stereocenters. The molecule has 0 bridgehead atoms. The molecule has 4 heterocycles. The number of nitrogens with two attached hydrogens (primary N) is 1. The smallest absolute Gasteiger partial charge is 0.220 e. The van der Waals surface area contributed by atoms with Gasteiger partial charge < -0.3 is 15.7 Å². The molecule has 2 aromatic rings. The standard InChI is InChI=1S/C16H21N5S.C6H13NO2S/c1-21-7-5-10(6-8-21)15-19-12-4-2-3-11-9-18-16(17)20-13(11)14(12)22-15;1-10(9)7-4-2-3-6(8)5-7/h9-10H,2-8H2,1H3,(H2,17,18,20);6,8H,2-5H2,1H3. The molecule has 2 saturated heterocycles. The number of rotatable bonds is 2. The lowest BCUT2D eigenvalue weighted by Gasteiger charge is -2.27. The number of aliphatic hydroxyl groups is 1. The van der Waals surface area contributed by atoms with Crippen molar-refractivity contribution in [3.63, 3.8) is 0 Å². The van der Waals surface area contributed by atoms with Gasteiger partial charge in [-0.1, -0.05) is 0 Å². The van der Waals surface area contributed by atoms with E-state index in [1.807, 2.05) is 17.5 Å².